The summed E-state index contributed by atoms with van der Waals surface area (Å²) >= 11 is 1.63. The lowest BCUT2D eigenvalue weighted by Gasteiger charge is -2.34. The predicted molar refractivity (Wildman–Crippen MR) is 151 cm³/mol. The molecule has 0 aliphatic carbocycles. The van der Waals surface area contributed by atoms with Gasteiger partial charge in [0.25, 0.3) is 5.91 Å². The second kappa shape index (κ2) is 9.90. The van der Waals surface area contributed by atoms with Gasteiger partial charge in [0.1, 0.15) is 23.3 Å². The van der Waals surface area contributed by atoms with Gasteiger partial charge in [-0.1, -0.05) is 6.07 Å². The number of oxazole rings is 1. The summed E-state index contributed by atoms with van der Waals surface area (Å²) in [4.78, 5) is 41.9. The van der Waals surface area contributed by atoms with Gasteiger partial charge in [-0.25, -0.2) is 19.4 Å². The van der Waals surface area contributed by atoms with Crippen LogP contribution in [-0.4, -0.2) is 60.3 Å². The summed E-state index contributed by atoms with van der Waals surface area (Å²) in [5.41, 5.74) is 8.21. The minimum atomic E-state index is -0.606. The number of anilines is 2. The third kappa shape index (κ3) is 4.95. The molecule has 12 nitrogen and oxygen atoms in total. The lowest BCUT2D eigenvalue weighted by molar-refractivity contribution is 0.0168. The third-order valence-electron chi connectivity index (χ3n) is 6.54. The van der Waals surface area contributed by atoms with Crippen molar-refractivity contribution in [2.75, 3.05) is 24.1 Å². The van der Waals surface area contributed by atoms with Gasteiger partial charge in [-0.3, -0.25) is 10.1 Å². The molecule has 5 heterocycles. The third-order valence-corrected chi connectivity index (χ3v) is 7.46. The number of rotatable bonds is 4. The maximum atomic E-state index is 13.5. The van der Waals surface area contributed by atoms with Crippen molar-refractivity contribution >= 4 is 57.3 Å². The monoisotopic (exact) mass is 560 g/mol. The number of thiophene rings is 1. The molecule has 1 saturated heterocycles. The van der Waals surface area contributed by atoms with Crippen LogP contribution in [0.2, 0.25) is 0 Å². The number of nitrogen functional groups attached to an aromatic ring is 1. The Morgan fingerprint density at radius 2 is 2.08 bits per heavy atom. The number of nitrogens with one attached hydrogen (secondary N) is 1. The fraction of sp³-hybridized carbons (Fsp3) is 0.333. The van der Waals surface area contributed by atoms with Gasteiger partial charge in [-0.2, -0.15) is 10.1 Å². The summed E-state index contributed by atoms with van der Waals surface area (Å²) in [6.07, 6.45) is 2.42. The maximum absolute atomic E-state index is 13.5. The first kappa shape index (κ1) is 25.7. The van der Waals surface area contributed by atoms with E-state index >= 15 is 0 Å². The van der Waals surface area contributed by atoms with Crippen molar-refractivity contribution in [3.05, 3.63) is 47.7 Å². The van der Waals surface area contributed by atoms with E-state index in [0.717, 1.165) is 23.3 Å². The number of benzene rings is 1. The Kier molecular flexibility index (Phi) is 6.37. The zero-order valence-corrected chi connectivity index (χ0v) is 23.1. The molecule has 1 aromatic carbocycles. The summed E-state index contributed by atoms with van der Waals surface area (Å²) in [7, 11) is 0. The smallest absolute Gasteiger partial charge is 0.410 e. The highest BCUT2D eigenvalue weighted by atomic mass is 32.1. The second-order valence-electron chi connectivity index (χ2n) is 10.6. The predicted octanol–water partition coefficient (Wildman–Crippen LogP) is 5.10. The number of hydrogen-bond donors (Lipinski definition) is 2. The van der Waals surface area contributed by atoms with E-state index in [1.807, 2.05) is 56.5 Å². The topological polar surface area (TPSA) is 154 Å². The van der Waals surface area contributed by atoms with E-state index < -0.39 is 11.5 Å². The van der Waals surface area contributed by atoms with Crippen molar-refractivity contribution in [3.8, 4) is 10.4 Å². The number of piperidine rings is 1. The minimum absolute atomic E-state index is 0.0372. The van der Waals surface area contributed by atoms with Crippen LogP contribution in [0.3, 0.4) is 0 Å². The Labute approximate surface area is 233 Å². The lowest BCUT2D eigenvalue weighted by Crippen LogP contribution is -2.43. The minimum Gasteiger partial charge on any atom is -0.444 e. The summed E-state index contributed by atoms with van der Waals surface area (Å²) in [6, 6.07) is 9.50. The molecule has 4 aromatic heterocycles. The van der Waals surface area contributed by atoms with Gasteiger partial charge in [0, 0.05) is 18.0 Å². The molecule has 3 N–H and O–H groups in total. The van der Waals surface area contributed by atoms with E-state index in [1.165, 1.54) is 6.33 Å². The molecular weight excluding hydrogens is 532 g/mol. The van der Waals surface area contributed by atoms with Crippen LogP contribution in [0.5, 0.6) is 0 Å². The molecule has 0 spiro atoms. The summed E-state index contributed by atoms with van der Waals surface area (Å²) in [5.74, 6) is -0.436. The van der Waals surface area contributed by atoms with E-state index in [4.69, 9.17) is 14.9 Å². The Bertz CT molecular complexity index is 1720. The van der Waals surface area contributed by atoms with Gasteiger partial charge >= 0.3 is 12.1 Å². The maximum Gasteiger partial charge on any atom is 0.410 e. The molecule has 13 heteroatoms. The second-order valence-corrected chi connectivity index (χ2v) is 11.6. The van der Waals surface area contributed by atoms with Gasteiger partial charge in [-0.15, -0.1) is 11.3 Å². The zero-order valence-electron chi connectivity index (χ0n) is 22.2. The SMILES string of the molecule is CC(C)(C)OC(=O)N1CCCC(n2nc(C(=O)Nc3nc4cc(-c5cccs5)ccc4o3)c3c(N)ncnc32)C1. The van der Waals surface area contributed by atoms with Crippen LogP contribution < -0.4 is 11.1 Å². The first-order valence-corrected chi connectivity index (χ1v) is 13.8. The van der Waals surface area contributed by atoms with E-state index in [2.05, 4.69) is 25.4 Å². The van der Waals surface area contributed by atoms with Gasteiger partial charge in [0.2, 0.25) is 0 Å². The van der Waals surface area contributed by atoms with Crippen molar-refractivity contribution in [2.45, 2.75) is 45.3 Å². The van der Waals surface area contributed by atoms with Crippen molar-refractivity contribution in [1.29, 1.82) is 0 Å². The molecule has 2 amide bonds. The average Bonchev–Trinajstić information content (AvgIpc) is 3.66. The van der Waals surface area contributed by atoms with Crippen LogP contribution in [0.4, 0.5) is 16.6 Å². The first-order valence-electron chi connectivity index (χ1n) is 12.9. The van der Waals surface area contributed by atoms with Crippen molar-refractivity contribution in [3.63, 3.8) is 0 Å². The largest absolute Gasteiger partial charge is 0.444 e. The molecule has 0 bridgehead atoms. The number of nitrogens with two attached hydrogens (primary N) is 1. The van der Waals surface area contributed by atoms with Crippen LogP contribution in [0.1, 0.15) is 50.1 Å². The average molecular weight is 561 g/mol. The van der Waals surface area contributed by atoms with Gasteiger partial charge < -0.3 is 19.8 Å². The fourth-order valence-electron chi connectivity index (χ4n) is 4.79. The standard InChI is InChI=1S/C27H28N8O4S/c1-27(2,3)39-26(37)34-10-4-6-16(13-34)35-23-20(22(28)29-14-30-23)21(33-35)24(36)32-25-31-17-12-15(8-9-18(17)38-25)19-7-5-11-40-19/h5,7-9,11-12,14,16H,4,6,10,13H2,1-3H3,(H2,28,29,30)(H,31,32,36). The molecule has 206 valence electrons. The summed E-state index contributed by atoms with van der Waals surface area (Å²) in [5, 5.41) is 9.65. The number of amides is 2. The Morgan fingerprint density at radius 1 is 1.23 bits per heavy atom. The first-order chi connectivity index (χ1) is 19.2. The molecule has 1 aliphatic rings. The Hall–Kier alpha value is -4.52. The number of ether oxygens (including phenoxy) is 1. The normalized spacial score (nSPS) is 16.0. The number of carbonyl (C=O) groups is 2. The highest BCUT2D eigenvalue weighted by molar-refractivity contribution is 7.13. The number of aromatic nitrogens is 5. The van der Waals surface area contributed by atoms with Crippen molar-refractivity contribution in [1.82, 2.24) is 29.6 Å². The van der Waals surface area contributed by atoms with Crippen LogP contribution in [0, 0.1) is 0 Å². The molecule has 1 unspecified atom stereocenters. The molecule has 0 saturated carbocycles. The molecule has 1 atom stereocenters. The number of hydrogen-bond acceptors (Lipinski definition) is 10. The summed E-state index contributed by atoms with van der Waals surface area (Å²) in [6.45, 7) is 6.42. The van der Waals surface area contributed by atoms with Gasteiger partial charge in [-0.05, 0) is 68.8 Å². The highest BCUT2D eigenvalue weighted by Crippen LogP contribution is 2.31. The van der Waals surface area contributed by atoms with Crippen molar-refractivity contribution < 1.29 is 18.7 Å². The van der Waals surface area contributed by atoms with Crippen LogP contribution in [-0.2, 0) is 4.74 Å². The van der Waals surface area contributed by atoms with E-state index in [0.29, 0.717) is 35.2 Å². The molecule has 1 fully saturated rings. The number of likely N-dealkylation sites (tertiary alicyclic amines) is 1. The van der Waals surface area contributed by atoms with Crippen LogP contribution >= 0.6 is 11.3 Å². The van der Waals surface area contributed by atoms with E-state index in [9.17, 15) is 9.59 Å². The molecule has 1 aliphatic heterocycles. The van der Waals surface area contributed by atoms with Crippen molar-refractivity contribution in [2.24, 2.45) is 0 Å². The van der Waals surface area contributed by atoms with Gasteiger partial charge in [0.15, 0.2) is 16.9 Å². The number of nitrogens with zero attached hydrogens (tertiary/aromatic N) is 6. The zero-order chi connectivity index (χ0) is 28.0. The molecule has 0 radical (unpaired) electrons. The molecule has 5 aromatic rings. The number of fused-ring (bicyclic) bond motifs is 2. The van der Waals surface area contributed by atoms with Gasteiger partial charge in [0.05, 0.1) is 11.4 Å². The lowest BCUT2D eigenvalue weighted by atomic mass is 10.1. The highest BCUT2D eigenvalue weighted by Gasteiger charge is 2.32. The Morgan fingerprint density at radius 3 is 2.85 bits per heavy atom. The summed E-state index contributed by atoms with van der Waals surface area (Å²) < 4.78 is 13.0. The fourth-order valence-corrected chi connectivity index (χ4v) is 5.51. The quantitative estimate of drug-likeness (QED) is 0.305. The van der Waals surface area contributed by atoms with E-state index in [1.54, 1.807) is 20.9 Å². The molecule has 40 heavy (non-hydrogen) atoms. The molecular formula is C27H28N8O4S. The number of carbonyl (C=O) groups excluding carboxylic acids is 2. The van der Waals surface area contributed by atoms with E-state index in [-0.39, 0.29) is 29.7 Å². The molecule has 6 rings (SSSR count). The van der Waals surface area contributed by atoms with Crippen LogP contribution in [0.15, 0.2) is 46.5 Å². The van der Waals surface area contributed by atoms with Crippen LogP contribution in [0.25, 0.3) is 32.6 Å². The Balaban J connectivity index is 1.28.